The number of hydrogen-bond donors (Lipinski definition) is 2. The van der Waals surface area contributed by atoms with Crippen LogP contribution in [0.15, 0.2) is 12.1 Å². The molecule has 0 spiro atoms. The van der Waals surface area contributed by atoms with Gasteiger partial charge in [-0.25, -0.2) is 4.79 Å². The standard InChI is InChI=1S/C17H28N2O2/c1-5-9-12-18-15-11-10-14(17(20)21)16(13(15)6-2)19(7-3)8-4/h10-11,18H,5-9,12H2,1-4H3,(H,20,21). The van der Waals surface area contributed by atoms with Crippen molar-refractivity contribution in [3.8, 4) is 0 Å². The van der Waals surface area contributed by atoms with E-state index in [-0.39, 0.29) is 0 Å². The molecule has 0 aliphatic carbocycles. The number of hydrogen-bond acceptors (Lipinski definition) is 3. The maximum Gasteiger partial charge on any atom is 0.337 e. The first-order valence-corrected chi connectivity index (χ1v) is 7.98. The molecule has 0 saturated heterocycles. The van der Waals surface area contributed by atoms with Crippen LogP contribution in [0.3, 0.4) is 0 Å². The van der Waals surface area contributed by atoms with Gasteiger partial charge in [-0.1, -0.05) is 20.3 Å². The van der Waals surface area contributed by atoms with Crippen LogP contribution >= 0.6 is 0 Å². The lowest BCUT2D eigenvalue weighted by Gasteiger charge is -2.27. The Morgan fingerprint density at radius 1 is 1.19 bits per heavy atom. The fraction of sp³-hybridized carbons (Fsp3) is 0.588. The van der Waals surface area contributed by atoms with Crippen LogP contribution in [-0.4, -0.2) is 30.7 Å². The Hall–Kier alpha value is -1.71. The quantitative estimate of drug-likeness (QED) is 0.675. The monoisotopic (exact) mass is 292 g/mol. The lowest BCUT2D eigenvalue weighted by Crippen LogP contribution is -2.26. The minimum Gasteiger partial charge on any atom is -0.478 e. The van der Waals surface area contributed by atoms with Gasteiger partial charge in [0.05, 0.1) is 11.3 Å². The second kappa shape index (κ2) is 8.55. The fourth-order valence-electron chi connectivity index (χ4n) is 2.63. The van der Waals surface area contributed by atoms with Crippen LogP contribution in [-0.2, 0) is 6.42 Å². The molecular formula is C17H28N2O2. The van der Waals surface area contributed by atoms with Gasteiger partial charge in [0, 0.05) is 25.3 Å². The summed E-state index contributed by atoms with van der Waals surface area (Å²) in [7, 11) is 0. The van der Waals surface area contributed by atoms with Crippen LogP contribution in [0.2, 0.25) is 0 Å². The molecule has 0 heterocycles. The van der Waals surface area contributed by atoms with Crippen molar-refractivity contribution in [3.05, 3.63) is 23.3 Å². The Balaban J connectivity index is 3.31. The number of anilines is 2. The Labute approximate surface area is 128 Å². The predicted molar refractivity (Wildman–Crippen MR) is 89.7 cm³/mol. The van der Waals surface area contributed by atoms with Gasteiger partial charge in [0.1, 0.15) is 0 Å². The van der Waals surface area contributed by atoms with Gasteiger partial charge >= 0.3 is 5.97 Å². The first kappa shape index (κ1) is 17.3. The van der Waals surface area contributed by atoms with Crippen molar-refractivity contribution in [2.75, 3.05) is 29.9 Å². The van der Waals surface area contributed by atoms with E-state index < -0.39 is 5.97 Å². The van der Waals surface area contributed by atoms with Gasteiger partial charge in [0.15, 0.2) is 0 Å². The number of carboxylic acid groups (broad SMARTS) is 1. The SMILES string of the molecule is CCCCNc1ccc(C(=O)O)c(N(CC)CC)c1CC. The van der Waals surface area contributed by atoms with E-state index in [1.165, 1.54) is 0 Å². The molecule has 1 rings (SSSR count). The highest BCUT2D eigenvalue weighted by Crippen LogP contribution is 2.32. The minimum absolute atomic E-state index is 0.400. The first-order chi connectivity index (χ1) is 10.1. The Morgan fingerprint density at radius 2 is 1.86 bits per heavy atom. The summed E-state index contributed by atoms with van der Waals surface area (Å²) in [5.41, 5.74) is 3.45. The molecule has 0 radical (unpaired) electrons. The molecule has 21 heavy (non-hydrogen) atoms. The highest BCUT2D eigenvalue weighted by molar-refractivity contribution is 5.97. The maximum absolute atomic E-state index is 11.6. The van der Waals surface area contributed by atoms with Crippen molar-refractivity contribution in [3.63, 3.8) is 0 Å². The first-order valence-electron chi connectivity index (χ1n) is 7.98. The van der Waals surface area contributed by atoms with E-state index in [9.17, 15) is 9.90 Å². The number of nitrogens with zero attached hydrogens (tertiary/aromatic N) is 1. The molecule has 0 saturated carbocycles. The molecule has 1 aromatic rings. The topological polar surface area (TPSA) is 52.6 Å². The average molecular weight is 292 g/mol. The van der Waals surface area contributed by atoms with E-state index in [0.29, 0.717) is 5.56 Å². The highest BCUT2D eigenvalue weighted by atomic mass is 16.4. The van der Waals surface area contributed by atoms with E-state index in [1.807, 2.05) is 6.07 Å². The van der Waals surface area contributed by atoms with Gasteiger partial charge in [-0.15, -0.1) is 0 Å². The third kappa shape index (κ3) is 4.13. The zero-order valence-corrected chi connectivity index (χ0v) is 13.7. The van der Waals surface area contributed by atoms with Gasteiger partial charge < -0.3 is 15.3 Å². The summed E-state index contributed by atoms with van der Waals surface area (Å²) in [5, 5.41) is 12.9. The molecule has 4 heteroatoms. The Kier molecular flexibility index (Phi) is 7.06. The van der Waals surface area contributed by atoms with E-state index in [2.05, 4.69) is 37.9 Å². The van der Waals surface area contributed by atoms with Crippen molar-refractivity contribution < 1.29 is 9.90 Å². The van der Waals surface area contributed by atoms with Gasteiger partial charge in [0.25, 0.3) is 0 Å². The lowest BCUT2D eigenvalue weighted by atomic mass is 10.0. The highest BCUT2D eigenvalue weighted by Gasteiger charge is 2.20. The van der Waals surface area contributed by atoms with Crippen molar-refractivity contribution in [2.45, 2.75) is 47.0 Å². The smallest absolute Gasteiger partial charge is 0.337 e. The van der Waals surface area contributed by atoms with Crippen LogP contribution in [0.25, 0.3) is 0 Å². The molecule has 0 aliphatic heterocycles. The molecule has 2 N–H and O–H groups in total. The van der Waals surface area contributed by atoms with Crippen LogP contribution < -0.4 is 10.2 Å². The number of aromatic carboxylic acids is 1. The second-order valence-electron chi connectivity index (χ2n) is 5.10. The third-order valence-electron chi connectivity index (χ3n) is 3.79. The Morgan fingerprint density at radius 3 is 2.33 bits per heavy atom. The van der Waals surface area contributed by atoms with Crippen LogP contribution in [0.5, 0.6) is 0 Å². The second-order valence-corrected chi connectivity index (χ2v) is 5.10. The summed E-state index contributed by atoms with van der Waals surface area (Å²) in [4.78, 5) is 13.7. The summed E-state index contributed by atoms with van der Waals surface area (Å²) in [6, 6.07) is 3.63. The molecule has 0 atom stereocenters. The summed E-state index contributed by atoms with van der Waals surface area (Å²) in [5.74, 6) is -0.855. The number of benzene rings is 1. The van der Waals surface area contributed by atoms with E-state index in [1.54, 1.807) is 6.07 Å². The fourth-order valence-corrected chi connectivity index (χ4v) is 2.63. The number of carboxylic acids is 1. The van der Waals surface area contributed by atoms with E-state index in [4.69, 9.17) is 0 Å². The van der Waals surface area contributed by atoms with Crippen LogP contribution in [0, 0.1) is 0 Å². The molecule has 0 amide bonds. The maximum atomic E-state index is 11.6. The molecule has 118 valence electrons. The minimum atomic E-state index is -0.855. The van der Waals surface area contributed by atoms with Crippen molar-refractivity contribution >= 4 is 17.3 Å². The summed E-state index contributed by atoms with van der Waals surface area (Å²) < 4.78 is 0. The average Bonchev–Trinajstić information content (AvgIpc) is 2.48. The van der Waals surface area contributed by atoms with Gasteiger partial charge in [-0.3, -0.25) is 0 Å². The lowest BCUT2D eigenvalue weighted by molar-refractivity contribution is 0.0697. The molecule has 1 aromatic carbocycles. The number of unbranched alkanes of at least 4 members (excludes halogenated alkanes) is 1. The largest absolute Gasteiger partial charge is 0.478 e. The van der Waals surface area contributed by atoms with Gasteiger partial charge in [-0.05, 0) is 44.4 Å². The van der Waals surface area contributed by atoms with Crippen LogP contribution in [0.1, 0.15) is 56.5 Å². The molecular weight excluding hydrogens is 264 g/mol. The number of nitrogens with one attached hydrogen (secondary N) is 1. The van der Waals surface area contributed by atoms with E-state index >= 15 is 0 Å². The summed E-state index contributed by atoms with van der Waals surface area (Å²) in [6.45, 7) is 10.9. The molecule has 0 aliphatic rings. The van der Waals surface area contributed by atoms with E-state index in [0.717, 1.165) is 55.8 Å². The zero-order chi connectivity index (χ0) is 15.8. The summed E-state index contributed by atoms with van der Waals surface area (Å²) >= 11 is 0. The van der Waals surface area contributed by atoms with Gasteiger partial charge in [0.2, 0.25) is 0 Å². The normalized spacial score (nSPS) is 10.5. The Bertz CT molecular complexity index is 468. The third-order valence-corrected chi connectivity index (χ3v) is 3.79. The van der Waals surface area contributed by atoms with Crippen molar-refractivity contribution in [2.24, 2.45) is 0 Å². The van der Waals surface area contributed by atoms with Crippen molar-refractivity contribution in [1.82, 2.24) is 0 Å². The zero-order valence-electron chi connectivity index (χ0n) is 13.7. The molecule has 0 aromatic heterocycles. The molecule has 0 bridgehead atoms. The van der Waals surface area contributed by atoms with Crippen LogP contribution in [0.4, 0.5) is 11.4 Å². The summed E-state index contributed by atoms with van der Waals surface area (Å²) in [6.07, 6.45) is 3.08. The molecule has 0 fully saturated rings. The van der Waals surface area contributed by atoms with Gasteiger partial charge in [-0.2, -0.15) is 0 Å². The molecule has 4 nitrogen and oxygen atoms in total. The number of carbonyl (C=O) groups is 1. The number of rotatable bonds is 9. The predicted octanol–water partition coefficient (Wildman–Crippen LogP) is 4.01. The van der Waals surface area contributed by atoms with Crippen molar-refractivity contribution in [1.29, 1.82) is 0 Å². The molecule has 0 unspecified atom stereocenters.